The lowest BCUT2D eigenvalue weighted by Crippen LogP contribution is -2.38. The second-order valence-electron chi connectivity index (χ2n) is 4.88. The fraction of sp³-hybridized carbons (Fsp3) is 0.294. The van der Waals surface area contributed by atoms with Crippen LogP contribution in [0.3, 0.4) is 0 Å². The zero-order valence-electron chi connectivity index (χ0n) is 13.5. The lowest BCUT2D eigenvalue weighted by Gasteiger charge is -2.12. The summed E-state index contributed by atoms with van der Waals surface area (Å²) in [5.74, 6) is 1.53. The molecule has 0 bridgehead atoms. The third kappa shape index (κ3) is 7.32. The zero-order chi connectivity index (χ0) is 15.6. The third-order valence-corrected chi connectivity index (χ3v) is 3.10. The molecule has 0 amide bonds. The molecule has 1 aromatic carbocycles. The highest BCUT2D eigenvalue weighted by Gasteiger charge is 1.98. The number of ether oxygens (including phenoxy) is 1. The van der Waals surface area contributed by atoms with Gasteiger partial charge in [-0.25, -0.2) is 0 Å². The molecule has 2 rings (SSSR count). The molecular weight excluding hydrogens is 403 g/mol. The van der Waals surface area contributed by atoms with Gasteiger partial charge in [0.25, 0.3) is 0 Å². The molecular formula is C17H23IN4O. The van der Waals surface area contributed by atoms with Crippen molar-refractivity contribution in [3.8, 4) is 5.75 Å². The van der Waals surface area contributed by atoms with E-state index in [1.165, 1.54) is 11.1 Å². The van der Waals surface area contributed by atoms with Crippen LogP contribution in [0.2, 0.25) is 0 Å². The molecule has 0 aliphatic heterocycles. The van der Waals surface area contributed by atoms with Crippen LogP contribution in [-0.2, 0) is 6.54 Å². The normalized spacial score (nSPS) is 10.6. The maximum Gasteiger partial charge on any atom is 0.191 e. The summed E-state index contributed by atoms with van der Waals surface area (Å²) >= 11 is 0. The molecule has 0 aliphatic carbocycles. The number of pyridine rings is 1. The fourth-order valence-corrected chi connectivity index (χ4v) is 1.88. The standard InChI is InChI=1S/C17H22N4O.HI/c1-14-5-7-15(8-6-14)12-21-17(18-2)20-10-11-22-16-4-3-9-19-13-16;/h3-9,13H,10-12H2,1-2H3,(H2,18,20,21);1H. The van der Waals surface area contributed by atoms with E-state index in [1.54, 1.807) is 19.4 Å². The van der Waals surface area contributed by atoms with Crippen molar-refractivity contribution < 1.29 is 4.74 Å². The second-order valence-corrected chi connectivity index (χ2v) is 4.88. The smallest absolute Gasteiger partial charge is 0.191 e. The molecule has 0 saturated heterocycles. The molecule has 0 unspecified atom stereocenters. The first-order chi connectivity index (χ1) is 10.8. The van der Waals surface area contributed by atoms with Gasteiger partial charge in [0.15, 0.2) is 5.96 Å². The predicted molar refractivity (Wildman–Crippen MR) is 105 cm³/mol. The average Bonchev–Trinajstić information content (AvgIpc) is 2.57. The third-order valence-electron chi connectivity index (χ3n) is 3.10. The first-order valence-corrected chi connectivity index (χ1v) is 7.31. The first-order valence-electron chi connectivity index (χ1n) is 7.31. The topological polar surface area (TPSA) is 58.5 Å². The number of rotatable bonds is 6. The maximum absolute atomic E-state index is 5.57. The molecule has 1 heterocycles. The summed E-state index contributed by atoms with van der Waals surface area (Å²) in [5, 5.41) is 6.49. The fourth-order valence-electron chi connectivity index (χ4n) is 1.88. The van der Waals surface area contributed by atoms with Gasteiger partial charge in [0.2, 0.25) is 0 Å². The molecule has 6 heteroatoms. The van der Waals surface area contributed by atoms with Crippen LogP contribution in [0.5, 0.6) is 5.75 Å². The summed E-state index contributed by atoms with van der Waals surface area (Å²) < 4.78 is 5.57. The molecule has 0 radical (unpaired) electrons. The monoisotopic (exact) mass is 426 g/mol. The minimum atomic E-state index is 0. The van der Waals surface area contributed by atoms with Crippen LogP contribution in [-0.4, -0.2) is 31.1 Å². The van der Waals surface area contributed by atoms with Gasteiger partial charge in [0.1, 0.15) is 12.4 Å². The van der Waals surface area contributed by atoms with Gasteiger partial charge >= 0.3 is 0 Å². The Kier molecular flexibility index (Phi) is 9.04. The Balaban J connectivity index is 0.00000264. The number of aryl methyl sites for hydroxylation is 1. The number of guanidine groups is 1. The maximum atomic E-state index is 5.57. The van der Waals surface area contributed by atoms with E-state index in [4.69, 9.17) is 4.74 Å². The minimum Gasteiger partial charge on any atom is -0.490 e. The van der Waals surface area contributed by atoms with Crippen molar-refractivity contribution in [2.75, 3.05) is 20.2 Å². The van der Waals surface area contributed by atoms with Crippen molar-refractivity contribution in [2.24, 2.45) is 4.99 Å². The van der Waals surface area contributed by atoms with Gasteiger partial charge in [-0.3, -0.25) is 9.98 Å². The second kappa shape index (κ2) is 10.8. The average molecular weight is 426 g/mol. The van der Waals surface area contributed by atoms with Crippen molar-refractivity contribution in [3.63, 3.8) is 0 Å². The molecule has 2 aromatic rings. The molecule has 5 nitrogen and oxygen atoms in total. The summed E-state index contributed by atoms with van der Waals surface area (Å²) in [6.45, 7) is 4.04. The van der Waals surface area contributed by atoms with Gasteiger partial charge in [-0.15, -0.1) is 24.0 Å². The Bertz CT molecular complexity index is 587. The molecule has 0 fully saturated rings. The van der Waals surface area contributed by atoms with Crippen LogP contribution in [0.25, 0.3) is 0 Å². The van der Waals surface area contributed by atoms with Crippen molar-refractivity contribution in [1.82, 2.24) is 15.6 Å². The number of aliphatic imine (C=N–C) groups is 1. The molecule has 0 spiro atoms. The van der Waals surface area contributed by atoms with Gasteiger partial charge in [-0.1, -0.05) is 29.8 Å². The van der Waals surface area contributed by atoms with E-state index in [0.29, 0.717) is 13.2 Å². The van der Waals surface area contributed by atoms with Crippen molar-refractivity contribution in [2.45, 2.75) is 13.5 Å². The molecule has 0 aliphatic rings. The number of benzene rings is 1. The molecule has 23 heavy (non-hydrogen) atoms. The lowest BCUT2D eigenvalue weighted by atomic mass is 10.1. The van der Waals surface area contributed by atoms with Crippen LogP contribution in [0.1, 0.15) is 11.1 Å². The van der Waals surface area contributed by atoms with Gasteiger partial charge in [0, 0.05) is 19.8 Å². The van der Waals surface area contributed by atoms with Crippen molar-refractivity contribution >= 4 is 29.9 Å². The highest BCUT2D eigenvalue weighted by molar-refractivity contribution is 14.0. The quantitative estimate of drug-likeness (QED) is 0.323. The predicted octanol–water partition coefficient (Wildman–Crippen LogP) is 2.75. The van der Waals surface area contributed by atoms with E-state index >= 15 is 0 Å². The number of nitrogens with one attached hydrogen (secondary N) is 2. The van der Waals surface area contributed by atoms with E-state index in [-0.39, 0.29) is 24.0 Å². The Morgan fingerprint density at radius 1 is 1.17 bits per heavy atom. The number of aromatic nitrogens is 1. The van der Waals surface area contributed by atoms with Crippen LogP contribution >= 0.6 is 24.0 Å². The lowest BCUT2D eigenvalue weighted by molar-refractivity contribution is 0.320. The summed E-state index contributed by atoms with van der Waals surface area (Å²) in [7, 11) is 1.76. The molecule has 1 aromatic heterocycles. The van der Waals surface area contributed by atoms with Crippen molar-refractivity contribution in [3.05, 3.63) is 59.9 Å². The molecule has 2 N–H and O–H groups in total. The van der Waals surface area contributed by atoms with E-state index in [0.717, 1.165) is 18.3 Å². The van der Waals surface area contributed by atoms with Crippen LogP contribution in [0.15, 0.2) is 53.8 Å². The van der Waals surface area contributed by atoms with E-state index < -0.39 is 0 Å². The van der Waals surface area contributed by atoms with Crippen molar-refractivity contribution in [1.29, 1.82) is 0 Å². The molecule has 124 valence electrons. The summed E-state index contributed by atoms with van der Waals surface area (Å²) in [6.07, 6.45) is 3.42. The molecule has 0 saturated carbocycles. The number of halogens is 1. The van der Waals surface area contributed by atoms with E-state index in [2.05, 4.69) is 51.8 Å². The van der Waals surface area contributed by atoms with Crippen LogP contribution in [0.4, 0.5) is 0 Å². The largest absolute Gasteiger partial charge is 0.490 e. The summed E-state index contributed by atoms with van der Waals surface area (Å²) in [5.41, 5.74) is 2.49. The summed E-state index contributed by atoms with van der Waals surface area (Å²) in [4.78, 5) is 8.19. The van der Waals surface area contributed by atoms with Crippen LogP contribution < -0.4 is 15.4 Å². The van der Waals surface area contributed by atoms with E-state index in [1.807, 2.05) is 12.1 Å². The van der Waals surface area contributed by atoms with Gasteiger partial charge in [-0.2, -0.15) is 0 Å². The SMILES string of the molecule is CN=C(NCCOc1cccnc1)NCc1ccc(C)cc1.I. The Morgan fingerprint density at radius 2 is 1.96 bits per heavy atom. The van der Waals surface area contributed by atoms with Gasteiger partial charge < -0.3 is 15.4 Å². The number of nitrogens with zero attached hydrogens (tertiary/aromatic N) is 2. The summed E-state index contributed by atoms with van der Waals surface area (Å²) in [6, 6.07) is 12.2. The minimum absolute atomic E-state index is 0. The zero-order valence-corrected chi connectivity index (χ0v) is 15.8. The number of hydrogen-bond acceptors (Lipinski definition) is 3. The van der Waals surface area contributed by atoms with Gasteiger partial charge in [-0.05, 0) is 24.6 Å². The molecule has 0 atom stereocenters. The van der Waals surface area contributed by atoms with E-state index in [9.17, 15) is 0 Å². The Labute approximate surface area is 154 Å². The number of hydrogen-bond donors (Lipinski definition) is 2. The Hall–Kier alpha value is -1.83. The Morgan fingerprint density at radius 3 is 2.61 bits per heavy atom. The first kappa shape index (κ1) is 19.2. The van der Waals surface area contributed by atoms with Gasteiger partial charge in [0.05, 0.1) is 12.7 Å². The highest BCUT2D eigenvalue weighted by atomic mass is 127. The highest BCUT2D eigenvalue weighted by Crippen LogP contribution is 2.05. The van der Waals surface area contributed by atoms with Crippen LogP contribution in [0, 0.1) is 6.92 Å².